The third-order valence-corrected chi connectivity index (χ3v) is 4.63. The van der Waals surface area contributed by atoms with Crippen LogP contribution in [0.5, 0.6) is 0 Å². The van der Waals surface area contributed by atoms with Crippen LogP contribution in [-0.2, 0) is 6.54 Å². The SMILES string of the molecule is Cc1ccc(CNC2CCSCC2)s1. The van der Waals surface area contributed by atoms with Crippen molar-refractivity contribution >= 4 is 23.1 Å². The van der Waals surface area contributed by atoms with Gasteiger partial charge in [-0.25, -0.2) is 0 Å². The normalized spacial score (nSPS) is 18.6. The zero-order valence-corrected chi connectivity index (χ0v) is 10.2. The van der Waals surface area contributed by atoms with Crippen molar-refractivity contribution in [3.05, 3.63) is 21.9 Å². The van der Waals surface area contributed by atoms with Crippen LogP contribution < -0.4 is 5.32 Å². The van der Waals surface area contributed by atoms with Crippen LogP contribution in [0, 0.1) is 6.92 Å². The number of aryl methyl sites for hydroxylation is 1. The maximum absolute atomic E-state index is 3.65. The Morgan fingerprint density at radius 2 is 2.14 bits per heavy atom. The summed E-state index contributed by atoms with van der Waals surface area (Å²) < 4.78 is 0. The highest BCUT2D eigenvalue weighted by Crippen LogP contribution is 2.19. The minimum atomic E-state index is 0.763. The molecule has 0 aromatic carbocycles. The second kappa shape index (κ2) is 5.19. The molecule has 2 heterocycles. The van der Waals surface area contributed by atoms with Crippen molar-refractivity contribution in [2.75, 3.05) is 11.5 Å². The summed E-state index contributed by atoms with van der Waals surface area (Å²) in [5.41, 5.74) is 0. The molecule has 1 aliphatic rings. The zero-order chi connectivity index (χ0) is 9.80. The second-order valence-corrected chi connectivity index (χ2v) is 6.38. The minimum absolute atomic E-state index is 0.763. The maximum atomic E-state index is 3.65. The number of hydrogen-bond donors (Lipinski definition) is 1. The van der Waals surface area contributed by atoms with Gasteiger partial charge >= 0.3 is 0 Å². The summed E-state index contributed by atoms with van der Waals surface area (Å²) in [5.74, 6) is 2.67. The molecule has 1 saturated heterocycles. The first-order valence-corrected chi connectivity index (χ1v) is 7.18. The van der Waals surface area contributed by atoms with E-state index in [-0.39, 0.29) is 0 Å². The predicted molar refractivity (Wildman–Crippen MR) is 66.2 cm³/mol. The first-order valence-electron chi connectivity index (χ1n) is 5.21. The van der Waals surface area contributed by atoms with E-state index >= 15 is 0 Å². The molecule has 1 aromatic rings. The average molecular weight is 227 g/mol. The molecule has 0 bridgehead atoms. The summed E-state index contributed by atoms with van der Waals surface area (Å²) in [4.78, 5) is 2.89. The topological polar surface area (TPSA) is 12.0 Å². The number of thiophene rings is 1. The Labute approximate surface area is 94.3 Å². The van der Waals surface area contributed by atoms with Gasteiger partial charge in [-0.15, -0.1) is 11.3 Å². The lowest BCUT2D eigenvalue weighted by Gasteiger charge is -2.22. The van der Waals surface area contributed by atoms with Crippen LogP contribution in [0.25, 0.3) is 0 Å². The van der Waals surface area contributed by atoms with E-state index in [2.05, 4.69) is 36.1 Å². The molecule has 0 spiro atoms. The minimum Gasteiger partial charge on any atom is -0.309 e. The van der Waals surface area contributed by atoms with Gasteiger partial charge in [0.15, 0.2) is 0 Å². The van der Waals surface area contributed by atoms with Gasteiger partial charge in [0.2, 0.25) is 0 Å². The molecule has 2 rings (SSSR count). The van der Waals surface area contributed by atoms with Crippen LogP contribution in [0.2, 0.25) is 0 Å². The fourth-order valence-electron chi connectivity index (χ4n) is 1.73. The maximum Gasteiger partial charge on any atom is 0.0302 e. The van der Waals surface area contributed by atoms with Gasteiger partial charge in [-0.05, 0) is 43.4 Å². The van der Waals surface area contributed by atoms with Gasteiger partial charge in [0.1, 0.15) is 0 Å². The first kappa shape index (κ1) is 10.5. The Bertz CT molecular complexity index is 277. The number of thioether (sulfide) groups is 1. The third kappa shape index (κ3) is 3.01. The molecule has 0 saturated carbocycles. The number of nitrogens with one attached hydrogen (secondary N) is 1. The summed E-state index contributed by atoms with van der Waals surface area (Å²) >= 11 is 4.00. The zero-order valence-electron chi connectivity index (χ0n) is 8.58. The highest BCUT2D eigenvalue weighted by Gasteiger charge is 2.12. The Hall–Kier alpha value is 0.01000. The van der Waals surface area contributed by atoms with Gasteiger partial charge in [-0.1, -0.05) is 0 Å². The Balaban J connectivity index is 1.76. The van der Waals surface area contributed by atoms with E-state index in [0.29, 0.717) is 0 Å². The molecule has 3 heteroatoms. The van der Waals surface area contributed by atoms with Crippen LogP contribution in [0.1, 0.15) is 22.6 Å². The van der Waals surface area contributed by atoms with Crippen molar-refractivity contribution in [3.8, 4) is 0 Å². The van der Waals surface area contributed by atoms with Crippen molar-refractivity contribution in [2.24, 2.45) is 0 Å². The molecular formula is C11H17NS2. The molecule has 1 N–H and O–H groups in total. The van der Waals surface area contributed by atoms with Crippen molar-refractivity contribution in [2.45, 2.75) is 32.4 Å². The van der Waals surface area contributed by atoms with Crippen LogP contribution >= 0.6 is 23.1 Å². The molecule has 0 aliphatic carbocycles. The van der Waals surface area contributed by atoms with E-state index in [4.69, 9.17) is 0 Å². The summed E-state index contributed by atoms with van der Waals surface area (Å²) in [6.07, 6.45) is 2.68. The molecule has 0 amide bonds. The van der Waals surface area contributed by atoms with Gasteiger partial charge in [-0.2, -0.15) is 11.8 Å². The fourth-order valence-corrected chi connectivity index (χ4v) is 3.67. The quantitative estimate of drug-likeness (QED) is 0.852. The molecule has 1 aliphatic heterocycles. The molecule has 1 aromatic heterocycles. The van der Waals surface area contributed by atoms with Crippen molar-refractivity contribution < 1.29 is 0 Å². The average Bonchev–Trinajstić information content (AvgIpc) is 2.63. The largest absolute Gasteiger partial charge is 0.309 e. The Kier molecular flexibility index (Phi) is 3.90. The lowest BCUT2D eigenvalue weighted by molar-refractivity contribution is 0.484. The molecule has 78 valence electrons. The van der Waals surface area contributed by atoms with Crippen LogP contribution in [0.15, 0.2) is 12.1 Å². The monoisotopic (exact) mass is 227 g/mol. The Morgan fingerprint density at radius 3 is 2.79 bits per heavy atom. The molecule has 0 atom stereocenters. The predicted octanol–water partition coefficient (Wildman–Crippen LogP) is 3.04. The Morgan fingerprint density at radius 1 is 1.36 bits per heavy atom. The summed E-state index contributed by atoms with van der Waals surface area (Å²) in [7, 11) is 0. The number of rotatable bonds is 3. The van der Waals surface area contributed by atoms with Crippen LogP contribution in [0.3, 0.4) is 0 Å². The first-order chi connectivity index (χ1) is 6.84. The molecule has 0 unspecified atom stereocenters. The van der Waals surface area contributed by atoms with E-state index in [9.17, 15) is 0 Å². The molecule has 1 nitrogen and oxygen atoms in total. The summed E-state index contributed by atoms with van der Waals surface area (Å²) in [6.45, 7) is 3.24. The molecular weight excluding hydrogens is 210 g/mol. The molecule has 0 radical (unpaired) electrons. The number of hydrogen-bond acceptors (Lipinski definition) is 3. The highest BCUT2D eigenvalue weighted by molar-refractivity contribution is 7.99. The van der Waals surface area contributed by atoms with Gasteiger partial charge in [-0.3, -0.25) is 0 Å². The standard InChI is InChI=1S/C11H17NS2/c1-9-2-3-11(14-9)8-12-10-4-6-13-7-5-10/h2-3,10,12H,4-8H2,1H3. The summed E-state index contributed by atoms with van der Waals surface area (Å²) in [6, 6.07) is 5.21. The van der Waals surface area contributed by atoms with Crippen molar-refractivity contribution in [3.63, 3.8) is 0 Å². The van der Waals surface area contributed by atoms with Gasteiger partial charge in [0.25, 0.3) is 0 Å². The third-order valence-electron chi connectivity index (χ3n) is 2.58. The molecule has 14 heavy (non-hydrogen) atoms. The van der Waals surface area contributed by atoms with Crippen LogP contribution in [-0.4, -0.2) is 17.5 Å². The smallest absolute Gasteiger partial charge is 0.0302 e. The highest BCUT2D eigenvalue weighted by atomic mass is 32.2. The van der Waals surface area contributed by atoms with E-state index in [1.54, 1.807) is 0 Å². The molecule has 1 fully saturated rings. The lowest BCUT2D eigenvalue weighted by atomic mass is 10.1. The summed E-state index contributed by atoms with van der Waals surface area (Å²) in [5, 5.41) is 3.65. The van der Waals surface area contributed by atoms with Gasteiger partial charge in [0.05, 0.1) is 0 Å². The fraction of sp³-hybridized carbons (Fsp3) is 0.636. The van der Waals surface area contributed by atoms with Gasteiger partial charge in [0, 0.05) is 22.3 Å². The van der Waals surface area contributed by atoms with E-state index in [1.165, 1.54) is 34.1 Å². The van der Waals surface area contributed by atoms with Gasteiger partial charge < -0.3 is 5.32 Å². The van der Waals surface area contributed by atoms with E-state index in [0.717, 1.165) is 12.6 Å². The van der Waals surface area contributed by atoms with Crippen molar-refractivity contribution in [1.29, 1.82) is 0 Å². The van der Waals surface area contributed by atoms with E-state index < -0.39 is 0 Å². The van der Waals surface area contributed by atoms with Crippen molar-refractivity contribution in [1.82, 2.24) is 5.32 Å². The van der Waals surface area contributed by atoms with Crippen LogP contribution in [0.4, 0.5) is 0 Å². The lowest BCUT2D eigenvalue weighted by Crippen LogP contribution is -2.31. The van der Waals surface area contributed by atoms with E-state index in [1.807, 2.05) is 11.3 Å². The second-order valence-electron chi connectivity index (χ2n) is 3.78.